The van der Waals surface area contributed by atoms with E-state index in [1.807, 2.05) is 0 Å². The van der Waals surface area contributed by atoms with Crippen molar-refractivity contribution in [2.45, 2.75) is 70.3 Å². The van der Waals surface area contributed by atoms with Crippen molar-refractivity contribution >= 4 is 0 Å². The fourth-order valence-electron chi connectivity index (χ4n) is 3.19. The summed E-state index contributed by atoms with van der Waals surface area (Å²) in [6.07, 6.45) is 12.0. The molecule has 94 valence electrons. The summed E-state index contributed by atoms with van der Waals surface area (Å²) in [7, 11) is 0. The average Bonchev–Trinajstić information content (AvgIpc) is 2.23. The Bertz CT molecular complexity index is 215. The van der Waals surface area contributed by atoms with Crippen LogP contribution in [0.2, 0.25) is 0 Å². The number of nitrogens with two attached hydrogens (primary N) is 1. The van der Waals surface area contributed by atoms with Gasteiger partial charge in [-0.25, -0.2) is 0 Å². The van der Waals surface area contributed by atoms with Crippen molar-refractivity contribution in [3.05, 3.63) is 0 Å². The van der Waals surface area contributed by atoms with E-state index in [0.717, 1.165) is 6.54 Å². The van der Waals surface area contributed by atoms with Crippen LogP contribution < -0.4 is 11.1 Å². The summed E-state index contributed by atoms with van der Waals surface area (Å²) in [4.78, 5) is 0. The Balaban J connectivity index is 1.59. The first-order valence-electron chi connectivity index (χ1n) is 7.12. The van der Waals surface area contributed by atoms with Crippen LogP contribution in [0.25, 0.3) is 0 Å². The Morgan fingerprint density at radius 1 is 1.00 bits per heavy atom. The highest BCUT2D eigenvalue weighted by molar-refractivity contribution is 4.89. The van der Waals surface area contributed by atoms with E-state index < -0.39 is 0 Å². The molecule has 0 bridgehead atoms. The third kappa shape index (κ3) is 3.21. The second kappa shape index (κ2) is 5.05. The summed E-state index contributed by atoms with van der Waals surface area (Å²) in [5, 5.41) is 3.62. The molecule has 2 nitrogen and oxygen atoms in total. The fraction of sp³-hybridized carbons (Fsp3) is 1.00. The second-order valence-electron chi connectivity index (χ2n) is 6.51. The largest absolute Gasteiger partial charge is 0.325 e. The van der Waals surface area contributed by atoms with Gasteiger partial charge in [0.25, 0.3) is 0 Å². The molecule has 2 aliphatic carbocycles. The summed E-state index contributed by atoms with van der Waals surface area (Å²) in [6, 6.07) is 0. The fourth-order valence-corrected chi connectivity index (χ4v) is 3.19. The maximum atomic E-state index is 6.42. The van der Waals surface area contributed by atoms with Crippen molar-refractivity contribution in [3.63, 3.8) is 0 Å². The normalized spacial score (nSPS) is 27.4. The first-order chi connectivity index (χ1) is 7.62. The van der Waals surface area contributed by atoms with Crippen molar-refractivity contribution in [1.82, 2.24) is 5.32 Å². The van der Waals surface area contributed by atoms with Gasteiger partial charge in [0, 0.05) is 12.1 Å². The molecule has 0 heterocycles. The molecule has 0 aromatic rings. The minimum atomic E-state index is 0.159. The maximum Gasteiger partial charge on any atom is 0.0166 e. The summed E-state index contributed by atoms with van der Waals surface area (Å²) in [5.74, 6) is 0. The van der Waals surface area contributed by atoms with E-state index >= 15 is 0 Å². The molecule has 0 radical (unpaired) electrons. The van der Waals surface area contributed by atoms with Crippen LogP contribution >= 0.6 is 0 Å². The van der Waals surface area contributed by atoms with E-state index in [-0.39, 0.29) is 5.54 Å². The Morgan fingerprint density at radius 2 is 1.69 bits per heavy atom. The molecule has 3 N–H and O–H groups in total. The van der Waals surface area contributed by atoms with E-state index in [2.05, 4.69) is 12.2 Å². The third-order valence-electron chi connectivity index (χ3n) is 4.76. The smallest absolute Gasteiger partial charge is 0.0166 e. The number of nitrogens with one attached hydrogen (secondary N) is 1. The summed E-state index contributed by atoms with van der Waals surface area (Å²) in [6.45, 7) is 4.72. The first-order valence-corrected chi connectivity index (χ1v) is 7.12. The molecule has 0 atom stereocenters. The van der Waals surface area contributed by atoms with E-state index in [9.17, 15) is 0 Å². The molecule has 0 aromatic carbocycles. The molecule has 0 aliphatic heterocycles. The van der Waals surface area contributed by atoms with Gasteiger partial charge in [0.1, 0.15) is 0 Å². The molecular weight excluding hydrogens is 196 g/mol. The van der Waals surface area contributed by atoms with Crippen molar-refractivity contribution in [3.8, 4) is 0 Å². The van der Waals surface area contributed by atoms with E-state index in [0.29, 0.717) is 5.41 Å². The van der Waals surface area contributed by atoms with E-state index in [4.69, 9.17) is 5.73 Å². The van der Waals surface area contributed by atoms with Gasteiger partial charge in [0.2, 0.25) is 0 Å². The molecule has 2 aliphatic rings. The second-order valence-corrected chi connectivity index (χ2v) is 6.51. The standard InChI is InChI=1S/C14H28N2/c1-13(6-5-7-13)12-16-11-10-14(15)8-3-2-4-9-14/h16H,2-12,15H2,1H3. The Kier molecular flexibility index (Phi) is 3.91. The van der Waals surface area contributed by atoms with Crippen LogP contribution in [0.15, 0.2) is 0 Å². The van der Waals surface area contributed by atoms with Gasteiger partial charge < -0.3 is 11.1 Å². The molecule has 2 heteroatoms. The highest BCUT2D eigenvalue weighted by Gasteiger charge is 2.31. The third-order valence-corrected chi connectivity index (χ3v) is 4.76. The molecule has 0 amide bonds. The maximum absolute atomic E-state index is 6.42. The lowest BCUT2D eigenvalue weighted by Crippen LogP contribution is -2.45. The first kappa shape index (κ1) is 12.4. The highest BCUT2D eigenvalue weighted by atomic mass is 14.9. The van der Waals surface area contributed by atoms with Crippen molar-refractivity contribution < 1.29 is 0 Å². The minimum absolute atomic E-state index is 0.159. The van der Waals surface area contributed by atoms with Crippen molar-refractivity contribution in [2.75, 3.05) is 13.1 Å². The van der Waals surface area contributed by atoms with Crippen molar-refractivity contribution in [1.29, 1.82) is 0 Å². The van der Waals surface area contributed by atoms with Gasteiger partial charge in [-0.1, -0.05) is 32.6 Å². The Labute approximate surface area is 100 Å². The molecule has 0 aromatic heterocycles. The van der Waals surface area contributed by atoms with Crippen molar-refractivity contribution in [2.24, 2.45) is 11.1 Å². The lowest BCUT2D eigenvalue weighted by molar-refractivity contribution is 0.154. The predicted molar refractivity (Wildman–Crippen MR) is 69.4 cm³/mol. The summed E-state index contributed by atoms with van der Waals surface area (Å²) >= 11 is 0. The molecule has 2 rings (SSSR count). The molecule has 2 saturated carbocycles. The quantitative estimate of drug-likeness (QED) is 0.705. The van der Waals surface area contributed by atoms with Gasteiger partial charge >= 0.3 is 0 Å². The van der Waals surface area contributed by atoms with Crippen LogP contribution in [0.1, 0.15) is 64.7 Å². The van der Waals surface area contributed by atoms with E-state index in [1.165, 1.54) is 64.3 Å². The zero-order chi connectivity index (χ0) is 11.5. The van der Waals surface area contributed by atoms with Crippen LogP contribution in [0.3, 0.4) is 0 Å². The summed E-state index contributed by atoms with van der Waals surface area (Å²) in [5.41, 5.74) is 7.18. The monoisotopic (exact) mass is 224 g/mol. The van der Waals surface area contributed by atoms with Crippen LogP contribution in [0, 0.1) is 5.41 Å². The minimum Gasteiger partial charge on any atom is -0.325 e. The highest BCUT2D eigenvalue weighted by Crippen LogP contribution is 2.39. The van der Waals surface area contributed by atoms with Crippen LogP contribution in [0.4, 0.5) is 0 Å². The van der Waals surface area contributed by atoms with Gasteiger partial charge in [-0.3, -0.25) is 0 Å². The summed E-state index contributed by atoms with van der Waals surface area (Å²) < 4.78 is 0. The molecule has 0 spiro atoms. The molecule has 2 fully saturated rings. The zero-order valence-electron chi connectivity index (χ0n) is 10.9. The molecule has 16 heavy (non-hydrogen) atoms. The number of hydrogen-bond acceptors (Lipinski definition) is 2. The SMILES string of the molecule is CC1(CNCCC2(N)CCCCC2)CCC1. The van der Waals surface area contributed by atoms with Gasteiger partial charge in [-0.15, -0.1) is 0 Å². The van der Waals surface area contributed by atoms with E-state index in [1.54, 1.807) is 0 Å². The zero-order valence-corrected chi connectivity index (χ0v) is 10.9. The Morgan fingerprint density at radius 3 is 2.25 bits per heavy atom. The topological polar surface area (TPSA) is 38.0 Å². The molecular formula is C14H28N2. The lowest BCUT2D eigenvalue weighted by Gasteiger charge is -2.39. The Hall–Kier alpha value is -0.0800. The van der Waals surface area contributed by atoms with Gasteiger partial charge in [0.05, 0.1) is 0 Å². The molecule has 0 unspecified atom stereocenters. The lowest BCUT2D eigenvalue weighted by atomic mass is 9.70. The number of rotatable bonds is 5. The van der Waals surface area contributed by atoms with Gasteiger partial charge in [0.15, 0.2) is 0 Å². The number of hydrogen-bond donors (Lipinski definition) is 2. The average molecular weight is 224 g/mol. The van der Waals surface area contributed by atoms with Gasteiger partial charge in [-0.2, -0.15) is 0 Å². The van der Waals surface area contributed by atoms with Crippen LogP contribution in [0.5, 0.6) is 0 Å². The predicted octanol–water partition coefficient (Wildman–Crippen LogP) is 2.82. The van der Waals surface area contributed by atoms with Crippen LogP contribution in [-0.4, -0.2) is 18.6 Å². The van der Waals surface area contributed by atoms with Gasteiger partial charge in [-0.05, 0) is 44.1 Å². The molecule has 0 saturated heterocycles. The van der Waals surface area contributed by atoms with Crippen LogP contribution in [-0.2, 0) is 0 Å².